The van der Waals surface area contributed by atoms with Crippen molar-refractivity contribution in [1.29, 1.82) is 0 Å². The lowest BCUT2D eigenvalue weighted by molar-refractivity contribution is 0.0686. The zero-order valence-electron chi connectivity index (χ0n) is 15.7. The standard InChI is InChI=1S/C23H24O4/c1-5-7-15-13-17(21(24)25)9-11-19(15)23(3,4)20-12-10-18(22(26)27)14-16(20)8-6-2/h5-6,9-14H,1-2,7-8H2,3-4H3,(H,24,25)(H,26,27). The fourth-order valence-electron chi connectivity index (χ4n) is 3.47. The number of hydrogen-bond donors (Lipinski definition) is 2. The Morgan fingerprint density at radius 3 is 1.52 bits per heavy atom. The molecule has 0 fully saturated rings. The number of benzene rings is 2. The molecule has 0 unspecified atom stereocenters. The van der Waals surface area contributed by atoms with Crippen LogP contribution in [0.15, 0.2) is 61.7 Å². The molecule has 4 heteroatoms. The van der Waals surface area contributed by atoms with Gasteiger partial charge < -0.3 is 10.2 Å². The summed E-state index contributed by atoms with van der Waals surface area (Å²) in [6, 6.07) is 10.2. The van der Waals surface area contributed by atoms with E-state index in [4.69, 9.17) is 0 Å². The van der Waals surface area contributed by atoms with Gasteiger partial charge in [0.05, 0.1) is 11.1 Å². The van der Waals surface area contributed by atoms with Crippen molar-refractivity contribution < 1.29 is 19.8 Å². The van der Waals surface area contributed by atoms with Gasteiger partial charge in [-0.25, -0.2) is 9.59 Å². The largest absolute Gasteiger partial charge is 0.478 e. The molecule has 140 valence electrons. The highest BCUT2D eigenvalue weighted by molar-refractivity contribution is 5.88. The first kappa shape index (κ1) is 20.2. The summed E-state index contributed by atoms with van der Waals surface area (Å²) >= 11 is 0. The van der Waals surface area contributed by atoms with E-state index in [9.17, 15) is 19.8 Å². The van der Waals surface area contributed by atoms with E-state index in [1.165, 1.54) is 0 Å². The highest BCUT2D eigenvalue weighted by Crippen LogP contribution is 2.37. The Hall–Kier alpha value is -3.14. The Kier molecular flexibility index (Phi) is 6.01. The molecule has 4 nitrogen and oxygen atoms in total. The van der Waals surface area contributed by atoms with Crippen molar-refractivity contribution in [3.8, 4) is 0 Å². The third kappa shape index (κ3) is 4.17. The van der Waals surface area contributed by atoms with Crippen LogP contribution in [0.4, 0.5) is 0 Å². The number of aromatic carboxylic acids is 2. The summed E-state index contributed by atoms with van der Waals surface area (Å²) in [5.41, 5.74) is 3.77. The average Bonchev–Trinajstić information content (AvgIpc) is 2.61. The van der Waals surface area contributed by atoms with Crippen molar-refractivity contribution in [3.63, 3.8) is 0 Å². The molecule has 0 amide bonds. The molecule has 2 rings (SSSR count). The second kappa shape index (κ2) is 8.04. The molecule has 2 N–H and O–H groups in total. The summed E-state index contributed by atoms with van der Waals surface area (Å²) < 4.78 is 0. The second-order valence-corrected chi connectivity index (χ2v) is 6.96. The number of rotatable bonds is 8. The lowest BCUT2D eigenvalue weighted by Gasteiger charge is -2.31. The fraction of sp³-hybridized carbons (Fsp3) is 0.217. The molecule has 0 bridgehead atoms. The molecule has 2 aromatic carbocycles. The Bertz CT molecular complexity index is 833. The summed E-state index contributed by atoms with van der Waals surface area (Å²) in [5.74, 6) is -1.94. The predicted molar refractivity (Wildman–Crippen MR) is 107 cm³/mol. The smallest absolute Gasteiger partial charge is 0.335 e. The van der Waals surface area contributed by atoms with Gasteiger partial charge in [-0.05, 0) is 59.4 Å². The first-order chi connectivity index (χ1) is 12.7. The highest BCUT2D eigenvalue weighted by Gasteiger charge is 2.28. The van der Waals surface area contributed by atoms with E-state index in [1.807, 2.05) is 12.1 Å². The van der Waals surface area contributed by atoms with E-state index in [0.29, 0.717) is 12.8 Å². The molecule has 0 spiro atoms. The lowest BCUT2D eigenvalue weighted by atomic mass is 9.73. The molecule has 27 heavy (non-hydrogen) atoms. The van der Waals surface area contributed by atoms with E-state index in [1.54, 1.807) is 36.4 Å². The summed E-state index contributed by atoms with van der Waals surface area (Å²) in [6.45, 7) is 11.7. The minimum Gasteiger partial charge on any atom is -0.478 e. The van der Waals surface area contributed by atoms with Crippen LogP contribution in [0, 0.1) is 0 Å². The first-order valence-electron chi connectivity index (χ1n) is 8.67. The Balaban J connectivity index is 2.67. The molecule has 0 atom stereocenters. The van der Waals surface area contributed by atoms with E-state index < -0.39 is 17.4 Å². The molecule has 2 aromatic rings. The van der Waals surface area contributed by atoms with Crippen LogP contribution in [0.25, 0.3) is 0 Å². The van der Waals surface area contributed by atoms with Crippen LogP contribution in [-0.2, 0) is 18.3 Å². The van der Waals surface area contributed by atoms with Gasteiger partial charge in [-0.2, -0.15) is 0 Å². The van der Waals surface area contributed by atoms with Crippen molar-refractivity contribution in [2.75, 3.05) is 0 Å². The summed E-state index contributed by atoms with van der Waals surface area (Å²) in [4.78, 5) is 22.7. The molecule has 0 heterocycles. The van der Waals surface area contributed by atoms with Crippen LogP contribution >= 0.6 is 0 Å². The number of hydrogen-bond acceptors (Lipinski definition) is 2. The van der Waals surface area contributed by atoms with Gasteiger partial charge in [-0.3, -0.25) is 0 Å². The zero-order chi connectivity index (χ0) is 20.2. The Morgan fingerprint density at radius 1 is 0.852 bits per heavy atom. The van der Waals surface area contributed by atoms with Gasteiger partial charge in [-0.15, -0.1) is 13.2 Å². The highest BCUT2D eigenvalue weighted by atomic mass is 16.4. The van der Waals surface area contributed by atoms with Crippen LogP contribution in [-0.4, -0.2) is 22.2 Å². The maximum absolute atomic E-state index is 11.3. The van der Waals surface area contributed by atoms with Crippen molar-refractivity contribution >= 4 is 11.9 Å². The van der Waals surface area contributed by atoms with Gasteiger partial charge in [0.1, 0.15) is 0 Å². The third-order valence-electron chi connectivity index (χ3n) is 4.78. The monoisotopic (exact) mass is 364 g/mol. The van der Waals surface area contributed by atoms with Crippen LogP contribution in [0.3, 0.4) is 0 Å². The number of allylic oxidation sites excluding steroid dienone is 2. The lowest BCUT2D eigenvalue weighted by Crippen LogP contribution is -2.23. The molecule has 0 aliphatic heterocycles. The van der Waals surface area contributed by atoms with Crippen LogP contribution in [0.1, 0.15) is 56.8 Å². The first-order valence-corrected chi connectivity index (χ1v) is 8.67. The maximum Gasteiger partial charge on any atom is 0.335 e. The minimum absolute atomic E-state index is 0.235. The Labute approximate surface area is 159 Å². The van der Waals surface area contributed by atoms with Gasteiger partial charge in [0.2, 0.25) is 0 Å². The van der Waals surface area contributed by atoms with Crippen molar-refractivity contribution in [2.24, 2.45) is 0 Å². The van der Waals surface area contributed by atoms with Gasteiger partial charge in [0, 0.05) is 5.41 Å². The van der Waals surface area contributed by atoms with E-state index >= 15 is 0 Å². The molecule has 0 saturated carbocycles. The molecule has 0 aliphatic rings. The fourth-order valence-corrected chi connectivity index (χ4v) is 3.47. The molecule has 0 saturated heterocycles. The molecular weight excluding hydrogens is 340 g/mol. The number of carboxylic acids is 2. The van der Waals surface area contributed by atoms with Gasteiger partial charge in [0.15, 0.2) is 0 Å². The number of carbonyl (C=O) groups is 2. The molecule has 0 radical (unpaired) electrons. The summed E-state index contributed by atoms with van der Waals surface area (Å²) in [5, 5.41) is 18.6. The molecular formula is C23H24O4. The predicted octanol–water partition coefficient (Wildman–Crippen LogP) is 4.87. The van der Waals surface area contributed by atoms with Crippen molar-refractivity contribution in [1.82, 2.24) is 0 Å². The zero-order valence-corrected chi connectivity index (χ0v) is 15.7. The van der Waals surface area contributed by atoms with Gasteiger partial charge in [-0.1, -0.05) is 38.1 Å². The van der Waals surface area contributed by atoms with Gasteiger partial charge >= 0.3 is 11.9 Å². The van der Waals surface area contributed by atoms with Crippen molar-refractivity contribution in [2.45, 2.75) is 32.1 Å². The van der Waals surface area contributed by atoms with E-state index in [0.717, 1.165) is 22.3 Å². The average molecular weight is 364 g/mol. The summed E-state index contributed by atoms with van der Waals surface area (Å²) in [7, 11) is 0. The molecule has 0 aliphatic carbocycles. The Morgan fingerprint density at radius 2 is 1.22 bits per heavy atom. The normalized spacial score (nSPS) is 11.0. The molecule has 0 aromatic heterocycles. The second-order valence-electron chi connectivity index (χ2n) is 6.96. The van der Waals surface area contributed by atoms with E-state index in [-0.39, 0.29) is 11.1 Å². The summed E-state index contributed by atoms with van der Waals surface area (Å²) in [6.07, 6.45) is 4.59. The van der Waals surface area contributed by atoms with Gasteiger partial charge in [0.25, 0.3) is 0 Å². The SMILES string of the molecule is C=CCc1cc(C(=O)O)ccc1C(C)(C)c1ccc(C(=O)O)cc1CC=C. The van der Waals surface area contributed by atoms with Crippen LogP contribution in [0.2, 0.25) is 0 Å². The minimum atomic E-state index is -0.970. The third-order valence-corrected chi connectivity index (χ3v) is 4.78. The number of carboxylic acid groups (broad SMARTS) is 2. The van der Waals surface area contributed by atoms with Crippen LogP contribution < -0.4 is 0 Å². The van der Waals surface area contributed by atoms with E-state index in [2.05, 4.69) is 27.0 Å². The van der Waals surface area contributed by atoms with Crippen LogP contribution in [0.5, 0.6) is 0 Å². The topological polar surface area (TPSA) is 74.6 Å². The maximum atomic E-state index is 11.3. The quantitative estimate of drug-likeness (QED) is 0.656. The van der Waals surface area contributed by atoms with Crippen molar-refractivity contribution in [3.05, 3.63) is 95.1 Å².